The van der Waals surface area contributed by atoms with Crippen LogP contribution in [0.15, 0.2) is 18.2 Å². The predicted octanol–water partition coefficient (Wildman–Crippen LogP) is 4.38. The maximum absolute atomic E-state index is 6.03. The van der Waals surface area contributed by atoms with E-state index in [0.29, 0.717) is 33.5 Å². The quantitative estimate of drug-likeness (QED) is 0.853. The van der Waals surface area contributed by atoms with E-state index >= 15 is 0 Å². The van der Waals surface area contributed by atoms with Crippen molar-refractivity contribution in [2.24, 2.45) is 5.92 Å². The van der Waals surface area contributed by atoms with Crippen molar-refractivity contribution in [1.82, 2.24) is 15.5 Å². The molecule has 2 aromatic rings. The molecular weight excluding hydrogens is 317 g/mol. The van der Waals surface area contributed by atoms with Crippen LogP contribution in [0.25, 0.3) is 0 Å². The molecule has 1 aromatic carbocycles. The Balaban J connectivity index is 1.97. The van der Waals surface area contributed by atoms with Crippen molar-refractivity contribution in [2.45, 2.75) is 20.4 Å². The molecule has 0 aliphatic heterocycles. The molecule has 2 rings (SSSR count). The van der Waals surface area contributed by atoms with Gasteiger partial charge in [0.15, 0.2) is 0 Å². The van der Waals surface area contributed by atoms with E-state index in [9.17, 15) is 0 Å². The van der Waals surface area contributed by atoms with Crippen LogP contribution in [-0.4, -0.2) is 16.7 Å². The third kappa shape index (κ3) is 4.59. The first-order valence-corrected chi connectivity index (χ1v) is 7.78. The van der Waals surface area contributed by atoms with Crippen molar-refractivity contribution in [1.29, 1.82) is 0 Å². The molecular formula is C13H15Cl2N3OS. The lowest BCUT2D eigenvalue weighted by Crippen LogP contribution is -2.18. The third-order valence-corrected chi connectivity index (χ3v) is 3.72. The van der Waals surface area contributed by atoms with Gasteiger partial charge in [-0.15, -0.1) is 5.10 Å². The zero-order valence-corrected chi connectivity index (χ0v) is 13.5. The second kappa shape index (κ2) is 7.22. The summed E-state index contributed by atoms with van der Waals surface area (Å²) in [6.07, 6.45) is 0. The summed E-state index contributed by atoms with van der Waals surface area (Å²) in [7, 11) is 0. The summed E-state index contributed by atoms with van der Waals surface area (Å²) in [6.45, 7) is 5.93. The second-order valence-corrected chi connectivity index (χ2v) is 6.53. The van der Waals surface area contributed by atoms with Gasteiger partial charge in [-0.1, -0.05) is 53.5 Å². The lowest BCUT2D eigenvalue weighted by atomic mass is 10.2. The Kier molecular flexibility index (Phi) is 5.60. The SMILES string of the molecule is CC(C)CNCc1nnc(Oc2cc(Cl)ccc2Cl)s1. The molecule has 0 fully saturated rings. The van der Waals surface area contributed by atoms with Gasteiger partial charge < -0.3 is 10.1 Å². The average molecular weight is 332 g/mol. The van der Waals surface area contributed by atoms with Crippen molar-refractivity contribution in [3.8, 4) is 10.9 Å². The van der Waals surface area contributed by atoms with Crippen LogP contribution in [0, 0.1) is 5.92 Å². The average Bonchev–Trinajstić information content (AvgIpc) is 2.81. The van der Waals surface area contributed by atoms with Crippen LogP contribution in [-0.2, 0) is 6.54 Å². The van der Waals surface area contributed by atoms with Gasteiger partial charge in [-0.3, -0.25) is 0 Å². The van der Waals surface area contributed by atoms with Crippen LogP contribution in [0.3, 0.4) is 0 Å². The molecule has 0 amide bonds. The molecule has 108 valence electrons. The van der Waals surface area contributed by atoms with Crippen LogP contribution in [0.5, 0.6) is 10.9 Å². The van der Waals surface area contributed by atoms with Crippen LogP contribution >= 0.6 is 34.5 Å². The lowest BCUT2D eigenvalue weighted by molar-refractivity contribution is 0.473. The Bertz CT molecular complexity index is 574. The number of hydrogen-bond donors (Lipinski definition) is 1. The Morgan fingerprint density at radius 3 is 2.85 bits per heavy atom. The topological polar surface area (TPSA) is 47.0 Å². The predicted molar refractivity (Wildman–Crippen MR) is 83.0 cm³/mol. The Morgan fingerprint density at radius 1 is 1.30 bits per heavy atom. The molecule has 0 spiro atoms. The monoisotopic (exact) mass is 331 g/mol. The minimum atomic E-state index is 0.454. The fourth-order valence-corrected chi connectivity index (χ4v) is 2.46. The summed E-state index contributed by atoms with van der Waals surface area (Å²) in [5.74, 6) is 1.08. The Hall–Kier alpha value is -0.880. The van der Waals surface area contributed by atoms with Gasteiger partial charge in [0, 0.05) is 17.6 Å². The number of aromatic nitrogens is 2. The molecule has 0 radical (unpaired) electrons. The molecule has 0 saturated carbocycles. The number of halogens is 2. The third-order valence-electron chi connectivity index (χ3n) is 2.37. The number of hydrogen-bond acceptors (Lipinski definition) is 5. The fourth-order valence-electron chi connectivity index (χ4n) is 1.47. The molecule has 4 nitrogen and oxygen atoms in total. The van der Waals surface area contributed by atoms with Crippen molar-refractivity contribution in [3.63, 3.8) is 0 Å². The van der Waals surface area contributed by atoms with Gasteiger partial charge in [-0.05, 0) is 24.6 Å². The van der Waals surface area contributed by atoms with Crippen LogP contribution in [0.4, 0.5) is 0 Å². The van der Waals surface area contributed by atoms with Gasteiger partial charge in [0.1, 0.15) is 10.8 Å². The zero-order valence-electron chi connectivity index (χ0n) is 11.2. The molecule has 20 heavy (non-hydrogen) atoms. The van der Waals surface area contributed by atoms with E-state index in [-0.39, 0.29) is 0 Å². The second-order valence-electron chi connectivity index (χ2n) is 4.66. The van der Waals surface area contributed by atoms with E-state index < -0.39 is 0 Å². The number of ether oxygens (including phenoxy) is 1. The summed E-state index contributed by atoms with van der Waals surface area (Å²) >= 11 is 13.3. The zero-order chi connectivity index (χ0) is 14.5. The van der Waals surface area contributed by atoms with Gasteiger partial charge in [0.2, 0.25) is 0 Å². The molecule has 0 atom stereocenters. The first-order valence-electron chi connectivity index (χ1n) is 6.20. The maximum atomic E-state index is 6.03. The standard InChI is InChI=1S/C13H15Cl2N3OS/c1-8(2)6-16-7-12-17-18-13(20-12)19-11-5-9(14)3-4-10(11)15/h3-5,8,16H,6-7H2,1-2H3. The highest BCUT2D eigenvalue weighted by molar-refractivity contribution is 7.13. The van der Waals surface area contributed by atoms with E-state index in [4.69, 9.17) is 27.9 Å². The van der Waals surface area contributed by atoms with Crippen LogP contribution < -0.4 is 10.1 Å². The van der Waals surface area contributed by atoms with E-state index in [1.165, 1.54) is 11.3 Å². The molecule has 7 heteroatoms. The van der Waals surface area contributed by atoms with Gasteiger partial charge in [-0.2, -0.15) is 0 Å². The summed E-state index contributed by atoms with van der Waals surface area (Å²) < 4.78 is 5.60. The molecule has 1 N–H and O–H groups in total. The first kappa shape index (κ1) is 15.5. The number of benzene rings is 1. The molecule has 0 aliphatic carbocycles. The highest BCUT2D eigenvalue weighted by Gasteiger charge is 2.09. The molecule has 1 heterocycles. The van der Waals surface area contributed by atoms with E-state index in [2.05, 4.69) is 29.4 Å². The van der Waals surface area contributed by atoms with Gasteiger partial charge in [0.25, 0.3) is 5.19 Å². The van der Waals surface area contributed by atoms with Crippen molar-refractivity contribution in [2.75, 3.05) is 6.54 Å². The van der Waals surface area contributed by atoms with E-state index in [0.717, 1.165) is 11.6 Å². The van der Waals surface area contributed by atoms with Gasteiger partial charge >= 0.3 is 0 Å². The summed E-state index contributed by atoms with van der Waals surface area (Å²) in [4.78, 5) is 0. The van der Waals surface area contributed by atoms with Crippen molar-refractivity contribution < 1.29 is 4.74 Å². The van der Waals surface area contributed by atoms with Crippen molar-refractivity contribution in [3.05, 3.63) is 33.3 Å². The Labute approximate surface area is 132 Å². The largest absolute Gasteiger partial charge is 0.428 e. The molecule has 1 aromatic heterocycles. The van der Waals surface area contributed by atoms with Crippen LogP contribution in [0.1, 0.15) is 18.9 Å². The first-order chi connectivity index (χ1) is 9.54. The minimum absolute atomic E-state index is 0.454. The highest BCUT2D eigenvalue weighted by atomic mass is 35.5. The normalized spacial score (nSPS) is 11.1. The van der Waals surface area contributed by atoms with E-state index in [1.807, 2.05) is 0 Å². The number of rotatable bonds is 6. The fraction of sp³-hybridized carbons (Fsp3) is 0.385. The number of nitrogens with one attached hydrogen (secondary N) is 1. The molecule has 0 aliphatic rings. The molecule has 0 bridgehead atoms. The number of nitrogens with zero attached hydrogens (tertiary/aromatic N) is 2. The van der Waals surface area contributed by atoms with Crippen LogP contribution in [0.2, 0.25) is 10.0 Å². The maximum Gasteiger partial charge on any atom is 0.299 e. The summed E-state index contributed by atoms with van der Waals surface area (Å²) in [6, 6.07) is 5.05. The van der Waals surface area contributed by atoms with Gasteiger partial charge in [0.05, 0.1) is 5.02 Å². The van der Waals surface area contributed by atoms with Gasteiger partial charge in [-0.25, -0.2) is 0 Å². The minimum Gasteiger partial charge on any atom is -0.428 e. The molecule has 0 unspecified atom stereocenters. The molecule has 0 saturated heterocycles. The van der Waals surface area contributed by atoms with E-state index in [1.54, 1.807) is 18.2 Å². The Morgan fingerprint density at radius 2 is 2.10 bits per heavy atom. The van der Waals surface area contributed by atoms with Crippen molar-refractivity contribution >= 4 is 34.5 Å². The highest BCUT2D eigenvalue weighted by Crippen LogP contribution is 2.33. The lowest BCUT2D eigenvalue weighted by Gasteiger charge is -2.04. The summed E-state index contributed by atoms with van der Waals surface area (Å²) in [5, 5.41) is 13.7. The summed E-state index contributed by atoms with van der Waals surface area (Å²) in [5.41, 5.74) is 0. The smallest absolute Gasteiger partial charge is 0.299 e.